The first kappa shape index (κ1) is 22.6. The predicted molar refractivity (Wildman–Crippen MR) is 147 cm³/mol. The molecule has 1 aromatic heterocycles. The number of fused-ring (bicyclic) bond motifs is 10. The minimum atomic E-state index is -0.506. The van der Waals surface area contributed by atoms with Gasteiger partial charge in [-0.2, -0.15) is 0 Å². The van der Waals surface area contributed by atoms with E-state index in [1.54, 1.807) is 24.3 Å². The molecule has 2 saturated carbocycles. The van der Waals surface area contributed by atoms with Gasteiger partial charge in [0.1, 0.15) is 23.4 Å². The molecule has 0 aliphatic heterocycles. The first-order chi connectivity index (χ1) is 19.2. The summed E-state index contributed by atoms with van der Waals surface area (Å²) in [4.78, 5) is 26.4. The van der Waals surface area contributed by atoms with Gasteiger partial charge in [-0.25, -0.2) is 9.59 Å². The molecule has 8 rings (SSSR count). The quantitative estimate of drug-likeness (QED) is 0.243. The summed E-state index contributed by atoms with van der Waals surface area (Å²) in [5, 5.41) is 2.26. The number of para-hydroxylation sites is 1. The Morgan fingerprint density at radius 3 is 1.95 bits per heavy atom. The second-order valence-corrected chi connectivity index (χ2v) is 11.1. The minimum Gasteiger partial charge on any atom is -0.456 e. The largest absolute Gasteiger partial charge is 0.456 e. The summed E-state index contributed by atoms with van der Waals surface area (Å²) in [5.41, 5.74) is 5.40. The molecular weight excluding hydrogens is 488 g/mol. The summed E-state index contributed by atoms with van der Waals surface area (Å²) in [6.45, 7) is 0. The van der Waals surface area contributed by atoms with Crippen molar-refractivity contribution in [3.05, 3.63) is 119 Å². The fourth-order valence-corrected chi connectivity index (χ4v) is 7.58. The fraction of sp³-hybridized carbons (Fsp3) is 0.235. The minimum absolute atomic E-state index is 0.0734. The van der Waals surface area contributed by atoms with Gasteiger partial charge in [-0.05, 0) is 78.3 Å². The summed E-state index contributed by atoms with van der Waals surface area (Å²) in [6.07, 6.45) is 0.811. The van der Waals surface area contributed by atoms with E-state index in [1.165, 1.54) is 11.1 Å². The van der Waals surface area contributed by atoms with Gasteiger partial charge in [0.25, 0.3) is 0 Å². The van der Waals surface area contributed by atoms with Crippen LogP contribution in [0.3, 0.4) is 0 Å². The van der Waals surface area contributed by atoms with Gasteiger partial charge in [-0.15, -0.1) is 0 Å². The number of carbonyl (C=O) groups excluding carboxylic acids is 2. The first-order valence-corrected chi connectivity index (χ1v) is 13.6. The Bertz CT molecular complexity index is 1740. The summed E-state index contributed by atoms with van der Waals surface area (Å²) in [5.74, 6) is 0.0215. The van der Waals surface area contributed by atoms with Gasteiger partial charge in [0, 0.05) is 22.6 Å². The van der Waals surface area contributed by atoms with E-state index in [2.05, 4.69) is 18.2 Å². The van der Waals surface area contributed by atoms with Crippen LogP contribution in [0.5, 0.6) is 0 Å². The van der Waals surface area contributed by atoms with E-state index in [0.29, 0.717) is 17.0 Å². The van der Waals surface area contributed by atoms with Crippen molar-refractivity contribution in [2.45, 2.75) is 31.0 Å². The Morgan fingerprint density at radius 1 is 0.641 bits per heavy atom. The van der Waals surface area contributed by atoms with Gasteiger partial charge < -0.3 is 13.9 Å². The molecule has 192 valence electrons. The van der Waals surface area contributed by atoms with Crippen LogP contribution < -0.4 is 0 Å². The molecule has 0 N–H and O–H groups in total. The molecule has 3 aliphatic carbocycles. The molecule has 0 saturated heterocycles. The smallest absolute Gasteiger partial charge is 0.338 e. The number of hydrogen-bond donors (Lipinski definition) is 0. The highest BCUT2D eigenvalue weighted by Gasteiger charge is 2.63. The fourth-order valence-electron chi connectivity index (χ4n) is 7.58. The Hall–Kier alpha value is -4.38. The Morgan fingerprint density at radius 2 is 1.26 bits per heavy atom. The first-order valence-electron chi connectivity index (χ1n) is 13.6. The van der Waals surface area contributed by atoms with Crippen LogP contribution in [0.15, 0.2) is 101 Å². The number of benzene rings is 4. The Balaban J connectivity index is 1.16. The number of esters is 2. The zero-order valence-corrected chi connectivity index (χ0v) is 21.2. The predicted octanol–water partition coefficient (Wildman–Crippen LogP) is 6.94. The van der Waals surface area contributed by atoms with E-state index >= 15 is 0 Å². The second kappa shape index (κ2) is 8.57. The van der Waals surface area contributed by atoms with Gasteiger partial charge in [-0.3, -0.25) is 0 Å². The van der Waals surface area contributed by atoms with Crippen molar-refractivity contribution in [2.75, 3.05) is 0 Å². The monoisotopic (exact) mass is 514 g/mol. The number of rotatable bonds is 4. The van der Waals surface area contributed by atoms with Gasteiger partial charge in [0.2, 0.25) is 0 Å². The highest BCUT2D eigenvalue weighted by molar-refractivity contribution is 6.05. The van der Waals surface area contributed by atoms with Crippen LogP contribution >= 0.6 is 0 Å². The average molecular weight is 515 g/mol. The van der Waals surface area contributed by atoms with Gasteiger partial charge in [-0.1, -0.05) is 54.6 Å². The standard InChI is InChI=1S/C34H26O5/c35-33(19-9-3-1-4-10-19)38-31-26-17-27(32(31)39-34(36)20-11-5-2-6-12-20)30-23-18-29-24(15-21(23)16-25(26)30)22-13-7-8-14-28(22)37-29/h1-15,18,25-27,30-32H,16-17H2. The third-order valence-electron chi connectivity index (χ3n) is 9.14. The molecular formula is C34H26O5. The second-order valence-electron chi connectivity index (χ2n) is 11.1. The van der Waals surface area contributed by atoms with Crippen molar-refractivity contribution in [3.8, 4) is 0 Å². The lowest BCUT2D eigenvalue weighted by molar-refractivity contribution is -0.0698. The molecule has 5 nitrogen and oxygen atoms in total. The van der Waals surface area contributed by atoms with Crippen LogP contribution in [-0.2, 0) is 15.9 Å². The molecule has 5 heteroatoms. The molecule has 4 aromatic carbocycles. The van der Waals surface area contributed by atoms with E-state index in [-0.39, 0.29) is 29.7 Å². The molecule has 0 amide bonds. The third-order valence-corrected chi connectivity index (χ3v) is 9.14. The molecule has 6 unspecified atom stereocenters. The third kappa shape index (κ3) is 3.46. The molecule has 3 aliphatic rings. The van der Waals surface area contributed by atoms with Crippen LogP contribution in [0.1, 0.15) is 44.2 Å². The summed E-state index contributed by atoms with van der Waals surface area (Å²) < 4.78 is 18.6. The van der Waals surface area contributed by atoms with Crippen LogP contribution in [0, 0.1) is 17.8 Å². The van der Waals surface area contributed by atoms with E-state index in [4.69, 9.17) is 13.9 Å². The van der Waals surface area contributed by atoms with E-state index in [0.717, 1.165) is 34.8 Å². The Kier molecular flexibility index (Phi) is 4.96. The van der Waals surface area contributed by atoms with Crippen molar-refractivity contribution >= 4 is 33.9 Å². The highest BCUT2D eigenvalue weighted by atomic mass is 16.6. The topological polar surface area (TPSA) is 65.7 Å². The lowest BCUT2D eigenvalue weighted by Gasteiger charge is -2.37. The average Bonchev–Trinajstić information content (AvgIpc) is 3.71. The molecule has 1 heterocycles. The zero-order chi connectivity index (χ0) is 26.1. The van der Waals surface area contributed by atoms with Crippen molar-refractivity contribution in [2.24, 2.45) is 17.8 Å². The van der Waals surface area contributed by atoms with Crippen molar-refractivity contribution in [1.29, 1.82) is 0 Å². The molecule has 0 spiro atoms. The maximum absolute atomic E-state index is 13.2. The lowest BCUT2D eigenvalue weighted by atomic mass is 9.76. The SMILES string of the molecule is O=C(OC1C2CC(C1OC(=O)c1ccccc1)C1c3cc4oc5ccccc5c4cc3CC21)c1ccccc1. The molecule has 0 radical (unpaired) electrons. The van der Waals surface area contributed by atoms with E-state index in [1.807, 2.05) is 54.6 Å². The molecule has 5 aromatic rings. The van der Waals surface area contributed by atoms with Gasteiger partial charge in [0.15, 0.2) is 0 Å². The highest BCUT2D eigenvalue weighted by Crippen LogP contribution is 2.63. The molecule has 2 fully saturated rings. The number of hydrogen-bond acceptors (Lipinski definition) is 5. The van der Waals surface area contributed by atoms with Crippen molar-refractivity contribution in [1.82, 2.24) is 0 Å². The number of ether oxygens (including phenoxy) is 2. The Labute approximate surface area is 225 Å². The number of furan rings is 1. The summed E-state index contributed by atoms with van der Waals surface area (Å²) in [7, 11) is 0. The van der Waals surface area contributed by atoms with Crippen LogP contribution in [-0.4, -0.2) is 24.1 Å². The van der Waals surface area contributed by atoms with E-state index < -0.39 is 12.2 Å². The summed E-state index contributed by atoms with van der Waals surface area (Å²) in [6, 6.07) is 30.7. The maximum Gasteiger partial charge on any atom is 0.338 e. The zero-order valence-electron chi connectivity index (χ0n) is 21.2. The van der Waals surface area contributed by atoms with Crippen molar-refractivity contribution < 1.29 is 23.5 Å². The molecule has 6 atom stereocenters. The van der Waals surface area contributed by atoms with E-state index in [9.17, 15) is 9.59 Å². The maximum atomic E-state index is 13.2. The van der Waals surface area contributed by atoms with Gasteiger partial charge >= 0.3 is 11.9 Å². The van der Waals surface area contributed by atoms with Crippen LogP contribution in [0.25, 0.3) is 21.9 Å². The normalized spacial score (nSPS) is 26.5. The number of carbonyl (C=O) groups is 2. The lowest BCUT2D eigenvalue weighted by Crippen LogP contribution is -2.45. The van der Waals surface area contributed by atoms with Crippen LogP contribution in [0.2, 0.25) is 0 Å². The van der Waals surface area contributed by atoms with Gasteiger partial charge in [0.05, 0.1) is 11.1 Å². The molecule has 2 bridgehead atoms. The summed E-state index contributed by atoms with van der Waals surface area (Å²) >= 11 is 0. The molecule has 39 heavy (non-hydrogen) atoms. The van der Waals surface area contributed by atoms with Crippen LogP contribution in [0.4, 0.5) is 0 Å². The van der Waals surface area contributed by atoms with Crippen molar-refractivity contribution in [3.63, 3.8) is 0 Å².